The Balaban J connectivity index is 1.75. The van der Waals surface area contributed by atoms with E-state index in [-0.39, 0.29) is 6.10 Å². The van der Waals surface area contributed by atoms with Crippen molar-refractivity contribution in [3.8, 4) is 0 Å². The Bertz CT molecular complexity index is 351. The quantitative estimate of drug-likeness (QED) is 0.706. The molecule has 1 fully saturated rings. The minimum atomic E-state index is -0.139. The fourth-order valence-corrected chi connectivity index (χ4v) is 2.71. The van der Waals surface area contributed by atoms with Gasteiger partial charge in [-0.25, -0.2) is 0 Å². The summed E-state index contributed by atoms with van der Waals surface area (Å²) >= 11 is 0. The molecule has 5 heteroatoms. The minimum Gasteiger partial charge on any atom is -0.391 e. The Morgan fingerprint density at radius 1 is 1.33 bits per heavy atom. The molecular formula is C10H16N4O. The first-order valence-electron chi connectivity index (χ1n) is 5.63. The fourth-order valence-electron chi connectivity index (χ4n) is 2.71. The second-order valence-corrected chi connectivity index (χ2v) is 4.48. The highest BCUT2D eigenvalue weighted by molar-refractivity contribution is 4.94. The molecule has 0 amide bonds. The Kier molecular flexibility index (Phi) is 2.21. The van der Waals surface area contributed by atoms with E-state index in [9.17, 15) is 5.11 Å². The molecule has 0 bridgehead atoms. The molecule has 1 saturated carbocycles. The maximum atomic E-state index is 9.86. The predicted octanol–water partition coefficient (Wildman–Crippen LogP) is 0.00710. The normalized spacial score (nSPS) is 31.8. The van der Waals surface area contributed by atoms with Gasteiger partial charge >= 0.3 is 0 Å². The number of aliphatic hydroxyl groups is 1. The second-order valence-electron chi connectivity index (χ2n) is 4.48. The third kappa shape index (κ3) is 1.55. The van der Waals surface area contributed by atoms with Crippen molar-refractivity contribution in [1.29, 1.82) is 0 Å². The first-order chi connectivity index (χ1) is 7.34. The van der Waals surface area contributed by atoms with Gasteiger partial charge in [0.25, 0.3) is 0 Å². The van der Waals surface area contributed by atoms with Crippen molar-refractivity contribution >= 4 is 0 Å². The van der Waals surface area contributed by atoms with E-state index in [1.807, 2.05) is 0 Å². The summed E-state index contributed by atoms with van der Waals surface area (Å²) in [5.74, 6) is 1.03. The minimum absolute atomic E-state index is 0.139. The molecule has 0 unspecified atom stereocenters. The molecule has 5 nitrogen and oxygen atoms in total. The van der Waals surface area contributed by atoms with Crippen molar-refractivity contribution in [1.82, 2.24) is 19.7 Å². The van der Waals surface area contributed by atoms with Crippen LogP contribution in [0.4, 0.5) is 0 Å². The number of fused-ring (bicyclic) bond motifs is 1. The van der Waals surface area contributed by atoms with Crippen LogP contribution < -0.4 is 0 Å². The highest BCUT2D eigenvalue weighted by Crippen LogP contribution is 2.26. The molecule has 15 heavy (non-hydrogen) atoms. The van der Waals surface area contributed by atoms with Gasteiger partial charge in [0.15, 0.2) is 0 Å². The van der Waals surface area contributed by atoms with Gasteiger partial charge in [0.05, 0.1) is 12.6 Å². The molecule has 1 aliphatic carbocycles. The van der Waals surface area contributed by atoms with Crippen LogP contribution in [0.1, 0.15) is 25.1 Å². The van der Waals surface area contributed by atoms with Gasteiger partial charge < -0.3 is 9.67 Å². The molecule has 3 rings (SSSR count). The lowest BCUT2D eigenvalue weighted by atomic mass is 10.1. The van der Waals surface area contributed by atoms with E-state index in [2.05, 4.69) is 19.7 Å². The Morgan fingerprint density at radius 2 is 2.27 bits per heavy atom. The highest BCUT2D eigenvalue weighted by atomic mass is 16.3. The van der Waals surface area contributed by atoms with Crippen LogP contribution in [0.25, 0.3) is 0 Å². The Morgan fingerprint density at radius 3 is 3.07 bits per heavy atom. The van der Waals surface area contributed by atoms with Gasteiger partial charge in [0.2, 0.25) is 0 Å². The molecule has 0 radical (unpaired) electrons. The van der Waals surface area contributed by atoms with Crippen molar-refractivity contribution in [2.75, 3.05) is 6.54 Å². The van der Waals surface area contributed by atoms with Crippen molar-refractivity contribution in [3.63, 3.8) is 0 Å². The average Bonchev–Trinajstić information content (AvgIpc) is 2.84. The van der Waals surface area contributed by atoms with E-state index in [0.29, 0.717) is 6.04 Å². The van der Waals surface area contributed by atoms with E-state index in [1.54, 1.807) is 6.33 Å². The van der Waals surface area contributed by atoms with Crippen LogP contribution in [-0.2, 0) is 13.1 Å². The van der Waals surface area contributed by atoms with Crippen LogP contribution in [0.5, 0.6) is 0 Å². The summed E-state index contributed by atoms with van der Waals surface area (Å²) in [6.07, 6.45) is 4.87. The van der Waals surface area contributed by atoms with Crippen molar-refractivity contribution in [2.24, 2.45) is 0 Å². The van der Waals surface area contributed by atoms with Crippen LogP contribution in [0.2, 0.25) is 0 Å². The van der Waals surface area contributed by atoms with Crippen molar-refractivity contribution < 1.29 is 5.11 Å². The van der Waals surface area contributed by atoms with Crippen LogP contribution in [0, 0.1) is 0 Å². The molecule has 1 aliphatic heterocycles. The van der Waals surface area contributed by atoms with Gasteiger partial charge in [-0.1, -0.05) is 0 Å². The number of aliphatic hydroxyl groups excluding tert-OH is 1. The summed E-state index contributed by atoms with van der Waals surface area (Å²) in [5.41, 5.74) is 0. The maximum Gasteiger partial charge on any atom is 0.147 e. The van der Waals surface area contributed by atoms with Crippen LogP contribution >= 0.6 is 0 Å². The summed E-state index contributed by atoms with van der Waals surface area (Å²) in [5, 5.41) is 17.9. The lowest BCUT2D eigenvalue weighted by Gasteiger charge is -2.33. The van der Waals surface area contributed by atoms with Crippen molar-refractivity contribution in [3.05, 3.63) is 12.2 Å². The smallest absolute Gasteiger partial charge is 0.147 e. The molecule has 2 atom stereocenters. The zero-order valence-corrected chi connectivity index (χ0v) is 8.71. The topological polar surface area (TPSA) is 54.2 Å². The summed E-state index contributed by atoms with van der Waals surface area (Å²) in [6, 6.07) is 0.343. The molecule has 0 saturated heterocycles. The summed E-state index contributed by atoms with van der Waals surface area (Å²) in [7, 11) is 0. The number of aromatic nitrogens is 3. The van der Waals surface area contributed by atoms with E-state index < -0.39 is 0 Å². The van der Waals surface area contributed by atoms with E-state index >= 15 is 0 Å². The monoisotopic (exact) mass is 208 g/mol. The zero-order valence-electron chi connectivity index (χ0n) is 8.71. The maximum absolute atomic E-state index is 9.86. The summed E-state index contributed by atoms with van der Waals surface area (Å²) in [4.78, 5) is 2.35. The molecule has 1 aromatic rings. The molecule has 82 valence electrons. The largest absolute Gasteiger partial charge is 0.391 e. The van der Waals surface area contributed by atoms with E-state index in [1.165, 1.54) is 0 Å². The fraction of sp³-hybridized carbons (Fsp3) is 0.800. The predicted molar refractivity (Wildman–Crippen MR) is 54.1 cm³/mol. The summed E-state index contributed by atoms with van der Waals surface area (Å²) in [6.45, 7) is 2.79. The van der Waals surface area contributed by atoms with E-state index in [4.69, 9.17) is 0 Å². The number of hydrogen-bond acceptors (Lipinski definition) is 4. The van der Waals surface area contributed by atoms with Crippen LogP contribution in [-0.4, -0.2) is 43.5 Å². The second kappa shape index (κ2) is 3.57. The standard InChI is InChI=1S/C10H16N4O/c15-9-3-1-2-8(9)13-4-5-14-7-11-12-10(14)6-13/h7-9,15H,1-6H2/t8-,9-/m0/s1. The molecule has 0 spiro atoms. The van der Waals surface area contributed by atoms with Crippen LogP contribution in [0.3, 0.4) is 0 Å². The summed E-state index contributed by atoms with van der Waals surface area (Å²) < 4.78 is 2.10. The third-order valence-corrected chi connectivity index (χ3v) is 3.58. The molecule has 0 aromatic carbocycles. The molecule has 2 aliphatic rings. The van der Waals surface area contributed by atoms with Crippen LogP contribution in [0.15, 0.2) is 6.33 Å². The number of nitrogens with zero attached hydrogens (tertiary/aromatic N) is 4. The van der Waals surface area contributed by atoms with Crippen molar-refractivity contribution in [2.45, 2.75) is 44.5 Å². The first-order valence-corrected chi connectivity index (χ1v) is 5.63. The SMILES string of the molecule is O[C@H]1CCC[C@@H]1N1CCn2cnnc2C1. The molecule has 1 N–H and O–H groups in total. The Labute approximate surface area is 88.7 Å². The number of rotatable bonds is 1. The van der Waals surface area contributed by atoms with Gasteiger partial charge in [0, 0.05) is 19.1 Å². The molecule has 2 heterocycles. The zero-order chi connectivity index (χ0) is 10.3. The Hall–Kier alpha value is -0.940. The van der Waals surface area contributed by atoms with Gasteiger partial charge in [-0.15, -0.1) is 10.2 Å². The lowest BCUT2D eigenvalue weighted by molar-refractivity contribution is 0.0532. The number of hydrogen-bond donors (Lipinski definition) is 1. The van der Waals surface area contributed by atoms with Gasteiger partial charge in [-0.3, -0.25) is 4.90 Å². The van der Waals surface area contributed by atoms with Gasteiger partial charge in [-0.2, -0.15) is 0 Å². The average molecular weight is 208 g/mol. The van der Waals surface area contributed by atoms with Gasteiger partial charge in [0.1, 0.15) is 12.2 Å². The molecular weight excluding hydrogens is 192 g/mol. The molecule has 1 aromatic heterocycles. The third-order valence-electron chi connectivity index (χ3n) is 3.58. The van der Waals surface area contributed by atoms with Gasteiger partial charge in [-0.05, 0) is 19.3 Å². The highest BCUT2D eigenvalue weighted by Gasteiger charge is 2.32. The lowest BCUT2D eigenvalue weighted by Crippen LogP contribution is -2.44. The first kappa shape index (κ1) is 9.30. The van der Waals surface area contributed by atoms with E-state index in [0.717, 1.165) is 44.7 Å².